The minimum atomic E-state index is 0.568. The summed E-state index contributed by atoms with van der Waals surface area (Å²) in [6, 6.07) is 0.568. The summed E-state index contributed by atoms with van der Waals surface area (Å²) in [6.45, 7) is 15.0. The summed E-state index contributed by atoms with van der Waals surface area (Å²) < 4.78 is 2.10. The molecule has 0 aromatic carbocycles. The SMILES string of the molecule is Cc1nn(CCNC(C)C(C)C)c(C)c1C. The molecule has 1 aromatic heterocycles. The lowest BCUT2D eigenvalue weighted by molar-refractivity contribution is 0.408. The molecule has 0 amide bonds. The lowest BCUT2D eigenvalue weighted by Crippen LogP contribution is -2.33. The van der Waals surface area contributed by atoms with Crippen LogP contribution in [0.4, 0.5) is 0 Å². The van der Waals surface area contributed by atoms with Crippen molar-refractivity contribution in [3.8, 4) is 0 Å². The Labute approximate surface area is 99.2 Å². The molecule has 1 heterocycles. The first kappa shape index (κ1) is 13.2. The van der Waals surface area contributed by atoms with Crippen molar-refractivity contribution >= 4 is 0 Å². The normalized spacial score (nSPS) is 13.4. The molecule has 0 aliphatic heterocycles. The molecule has 1 aromatic rings. The summed E-state index contributed by atoms with van der Waals surface area (Å²) in [7, 11) is 0. The molecule has 0 saturated heterocycles. The zero-order valence-electron chi connectivity index (χ0n) is 11.5. The van der Waals surface area contributed by atoms with Crippen molar-refractivity contribution in [1.82, 2.24) is 15.1 Å². The predicted octanol–water partition coefficient (Wildman–Crippen LogP) is 2.44. The van der Waals surface area contributed by atoms with Gasteiger partial charge in [-0.15, -0.1) is 0 Å². The second-order valence-corrected chi connectivity index (χ2v) is 5.01. The highest BCUT2D eigenvalue weighted by Crippen LogP contribution is 2.10. The fourth-order valence-corrected chi connectivity index (χ4v) is 1.64. The van der Waals surface area contributed by atoms with Gasteiger partial charge in [0.2, 0.25) is 0 Å². The third-order valence-corrected chi connectivity index (χ3v) is 3.53. The maximum Gasteiger partial charge on any atom is 0.0625 e. The molecular weight excluding hydrogens is 198 g/mol. The molecule has 3 heteroatoms. The van der Waals surface area contributed by atoms with E-state index in [-0.39, 0.29) is 0 Å². The molecule has 0 aliphatic rings. The second kappa shape index (κ2) is 5.48. The molecule has 1 unspecified atom stereocenters. The molecule has 92 valence electrons. The van der Waals surface area contributed by atoms with Crippen LogP contribution in [0.5, 0.6) is 0 Å². The molecule has 0 fully saturated rings. The van der Waals surface area contributed by atoms with E-state index in [2.05, 4.69) is 56.6 Å². The highest BCUT2D eigenvalue weighted by atomic mass is 15.3. The Morgan fingerprint density at radius 1 is 1.19 bits per heavy atom. The molecule has 1 rings (SSSR count). The molecular formula is C13H25N3. The maximum absolute atomic E-state index is 4.53. The predicted molar refractivity (Wildman–Crippen MR) is 68.7 cm³/mol. The topological polar surface area (TPSA) is 29.9 Å². The van der Waals surface area contributed by atoms with E-state index in [1.807, 2.05) is 0 Å². The van der Waals surface area contributed by atoms with Gasteiger partial charge in [0.25, 0.3) is 0 Å². The zero-order valence-corrected chi connectivity index (χ0v) is 11.5. The van der Waals surface area contributed by atoms with Crippen LogP contribution in [0, 0.1) is 26.7 Å². The number of hydrogen-bond acceptors (Lipinski definition) is 2. The van der Waals surface area contributed by atoms with Crippen molar-refractivity contribution in [1.29, 1.82) is 0 Å². The Balaban J connectivity index is 2.46. The van der Waals surface area contributed by atoms with Crippen LogP contribution >= 0.6 is 0 Å². The molecule has 1 N–H and O–H groups in total. The first-order chi connectivity index (χ1) is 7.43. The molecule has 1 atom stereocenters. The van der Waals surface area contributed by atoms with Crippen LogP contribution in [0.2, 0.25) is 0 Å². The van der Waals surface area contributed by atoms with E-state index in [0.717, 1.165) is 18.8 Å². The van der Waals surface area contributed by atoms with E-state index >= 15 is 0 Å². The van der Waals surface area contributed by atoms with E-state index in [1.54, 1.807) is 0 Å². The zero-order chi connectivity index (χ0) is 12.3. The van der Waals surface area contributed by atoms with E-state index in [4.69, 9.17) is 0 Å². The van der Waals surface area contributed by atoms with Gasteiger partial charge in [-0.25, -0.2) is 0 Å². The van der Waals surface area contributed by atoms with E-state index in [0.29, 0.717) is 12.0 Å². The van der Waals surface area contributed by atoms with Gasteiger partial charge in [0.05, 0.1) is 12.2 Å². The van der Waals surface area contributed by atoms with Crippen molar-refractivity contribution in [2.45, 2.75) is 54.1 Å². The van der Waals surface area contributed by atoms with Crippen LogP contribution in [-0.2, 0) is 6.54 Å². The highest BCUT2D eigenvalue weighted by molar-refractivity contribution is 5.22. The first-order valence-electron chi connectivity index (χ1n) is 6.17. The maximum atomic E-state index is 4.53. The number of aryl methyl sites for hydroxylation is 1. The summed E-state index contributed by atoms with van der Waals surface area (Å²) >= 11 is 0. The Morgan fingerprint density at radius 2 is 1.81 bits per heavy atom. The van der Waals surface area contributed by atoms with Gasteiger partial charge in [-0.3, -0.25) is 4.68 Å². The smallest absolute Gasteiger partial charge is 0.0625 e. The fourth-order valence-electron chi connectivity index (χ4n) is 1.64. The summed E-state index contributed by atoms with van der Waals surface area (Å²) in [5.74, 6) is 0.683. The van der Waals surface area contributed by atoms with Gasteiger partial charge in [0.1, 0.15) is 0 Å². The molecule has 3 nitrogen and oxygen atoms in total. The number of rotatable bonds is 5. The molecule has 0 aliphatic carbocycles. The van der Waals surface area contributed by atoms with Gasteiger partial charge in [-0.2, -0.15) is 5.10 Å². The molecule has 0 saturated carbocycles. The Bertz CT molecular complexity index is 339. The summed E-state index contributed by atoms with van der Waals surface area (Å²) in [4.78, 5) is 0. The molecule has 0 bridgehead atoms. The van der Waals surface area contributed by atoms with Gasteiger partial charge in [-0.05, 0) is 39.2 Å². The van der Waals surface area contributed by atoms with Gasteiger partial charge in [0, 0.05) is 18.3 Å². The van der Waals surface area contributed by atoms with Gasteiger partial charge in [-0.1, -0.05) is 13.8 Å². The lowest BCUT2D eigenvalue weighted by atomic mass is 10.1. The van der Waals surface area contributed by atoms with Crippen LogP contribution in [0.25, 0.3) is 0 Å². The first-order valence-corrected chi connectivity index (χ1v) is 6.17. The minimum Gasteiger partial charge on any atom is -0.312 e. The van der Waals surface area contributed by atoms with Gasteiger partial charge >= 0.3 is 0 Å². The number of hydrogen-bond donors (Lipinski definition) is 1. The fraction of sp³-hybridized carbons (Fsp3) is 0.769. The lowest BCUT2D eigenvalue weighted by Gasteiger charge is -2.17. The Kier molecular flexibility index (Phi) is 4.54. The van der Waals surface area contributed by atoms with Gasteiger partial charge < -0.3 is 5.32 Å². The monoisotopic (exact) mass is 223 g/mol. The van der Waals surface area contributed by atoms with E-state index < -0.39 is 0 Å². The molecule has 0 radical (unpaired) electrons. The van der Waals surface area contributed by atoms with Crippen LogP contribution in [0.15, 0.2) is 0 Å². The van der Waals surface area contributed by atoms with E-state index in [9.17, 15) is 0 Å². The van der Waals surface area contributed by atoms with Crippen LogP contribution in [0.3, 0.4) is 0 Å². The number of aromatic nitrogens is 2. The Morgan fingerprint density at radius 3 is 2.25 bits per heavy atom. The third kappa shape index (κ3) is 3.08. The van der Waals surface area contributed by atoms with Crippen molar-refractivity contribution in [3.63, 3.8) is 0 Å². The van der Waals surface area contributed by atoms with Crippen molar-refractivity contribution < 1.29 is 0 Å². The van der Waals surface area contributed by atoms with Crippen LogP contribution < -0.4 is 5.32 Å². The quantitative estimate of drug-likeness (QED) is 0.831. The van der Waals surface area contributed by atoms with Crippen molar-refractivity contribution in [3.05, 3.63) is 17.0 Å². The average Bonchev–Trinajstić information content (AvgIpc) is 2.46. The van der Waals surface area contributed by atoms with Gasteiger partial charge in [0.15, 0.2) is 0 Å². The standard InChI is InChI=1S/C13H25N3/c1-9(2)11(4)14-7-8-16-13(6)10(3)12(5)15-16/h9,11,14H,7-8H2,1-6H3. The van der Waals surface area contributed by atoms with Crippen LogP contribution in [-0.4, -0.2) is 22.4 Å². The van der Waals surface area contributed by atoms with Crippen molar-refractivity contribution in [2.24, 2.45) is 5.92 Å². The van der Waals surface area contributed by atoms with Crippen molar-refractivity contribution in [2.75, 3.05) is 6.54 Å². The highest BCUT2D eigenvalue weighted by Gasteiger charge is 2.08. The number of nitrogens with zero attached hydrogens (tertiary/aromatic N) is 2. The Hall–Kier alpha value is -0.830. The summed E-state index contributed by atoms with van der Waals surface area (Å²) in [5, 5.41) is 8.05. The van der Waals surface area contributed by atoms with Crippen LogP contribution in [0.1, 0.15) is 37.7 Å². The minimum absolute atomic E-state index is 0.568. The third-order valence-electron chi connectivity index (χ3n) is 3.53. The second-order valence-electron chi connectivity index (χ2n) is 5.01. The van der Waals surface area contributed by atoms with E-state index in [1.165, 1.54) is 11.3 Å². The summed E-state index contributed by atoms with van der Waals surface area (Å²) in [6.07, 6.45) is 0. The molecule has 16 heavy (non-hydrogen) atoms. The average molecular weight is 223 g/mol. The number of nitrogens with one attached hydrogen (secondary N) is 1. The summed E-state index contributed by atoms with van der Waals surface area (Å²) in [5.41, 5.74) is 3.75. The largest absolute Gasteiger partial charge is 0.312 e. The molecule has 0 spiro atoms.